The molecule has 0 saturated heterocycles. The summed E-state index contributed by atoms with van der Waals surface area (Å²) in [5.74, 6) is 0. The molecule has 0 fully saturated rings. The molecular weight excluding hydrogens is 330 g/mol. The summed E-state index contributed by atoms with van der Waals surface area (Å²) in [5.41, 5.74) is 0.718. The van der Waals surface area contributed by atoms with E-state index >= 15 is 0 Å². The van der Waals surface area contributed by atoms with Crippen molar-refractivity contribution in [1.82, 2.24) is 9.97 Å². The molecule has 0 aliphatic carbocycles. The molecule has 0 atom stereocenters. The van der Waals surface area contributed by atoms with Crippen LogP contribution in [0.5, 0.6) is 0 Å². The van der Waals surface area contributed by atoms with Crippen LogP contribution in [-0.2, 0) is 10.0 Å². The Hall–Kier alpha value is -2.87. The molecule has 3 rings (SSSR count). The van der Waals surface area contributed by atoms with Crippen molar-refractivity contribution in [3.8, 4) is 0 Å². The van der Waals surface area contributed by atoms with Crippen molar-refractivity contribution in [1.29, 1.82) is 0 Å². The van der Waals surface area contributed by atoms with Crippen molar-refractivity contribution >= 4 is 26.7 Å². The van der Waals surface area contributed by atoms with E-state index < -0.39 is 21.1 Å². The average Bonchev–Trinajstić information content (AvgIpc) is 2.50. The minimum absolute atomic E-state index is 0.0287. The zero-order valence-electron chi connectivity index (χ0n) is 13.0. The number of rotatable bonds is 3. The van der Waals surface area contributed by atoms with Gasteiger partial charge in [-0.05, 0) is 43.2 Å². The molecule has 0 aliphatic heterocycles. The van der Waals surface area contributed by atoms with Gasteiger partial charge in [0.05, 0.1) is 21.6 Å². The second-order valence-corrected chi connectivity index (χ2v) is 7.14. The number of aromatic amines is 2. The minimum atomic E-state index is -3.84. The summed E-state index contributed by atoms with van der Waals surface area (Å²) in [6.07, 6.45) is 0. The van der Waals surface area contributed by atoms with Crippen molar-refractivity contribution in [2.24, 2.45) is 0 Å². The number of nitrogens with one attached hydrogen (secondary N) is 3. The van der Waals surface area contributed by atoms with Gasteiger partial charge in [0.1, 0.15) is 0 Å². The summed E-state index contributed by atoms with van der Waals surface area (Å²) in [4.78, 5) is 27.7. The predicted octanol–water partition coefficient (Wildman–Crippen LogP) is 1.63. The molecule has 0 aliphatic rings. The van der Waals surface area contributed by atoms with Crippen molar-refractivity contribution < 1.29 is 8.42 Å². The maximum Gasteiger partial charge on any atom is 0.314 e. The predicted molar refractivity (Wildman–Crippen MR) is 91.9 cm³/mol. The highest BCUT2D eigenvalue weighted by atomic mass is 32.2. The third kappa shape index (κ3) is 2.83. The van der Waals surface area contributed by atoms with Gasteiger partial charge in [-0.15, -0.1) is 0 Å². The molecule has 1 aromatic heterocycles. The molecule has 124 valence electrons. The third-order valence-electron chi connectivity index (χ3n) is 3.70. The Balaban J connectivity index is 2.15. The monoisotopic (exact) mass is 345 g/mol. The van der Waals surface area contributed by atoms with E-state index in [0.717, 1.165) is 5.56 Å². The maximum atomic E-state index is 12.7. The van der Waals surface area contributed by atoms with Crippen LogP contribution in [0.2, 0.25) is 0 Å². The fourth-order valence-electron chi connectivity index (χ4n) is 2.43. The molecule has 24 heavy (non-hydrogen) atoms. The molecule has 0 amide bonds. The summed E-state index contributed by atoms with van der Waals surface area (Å²) in [5, 5.41) is 0. The third-order valence-corrected chi connectivity index (χ3v) is 5.20. The molecule has 3 N–H and O–H groups in total. The number of para-hydroxylation sites is 1. The first-order valence-electron chi connectivity index (χ1n) is 7.13. The van der Waals surface area contributed by atoms with Gasteiger partial charge in [0.2, 0.25) is 0 Å². The van der Waals surface area contributed by atoms with Gasteiger partial charge in [-0.25, -0.2) is 8.42 Å². The number of aromatic nitrogens is 2. The average molecular weight is 345 g/mol. The fraction of sp³-hybridized carbons (Fsp3) is 0.125. The molecule has 3 aromatic rings. The second-order valence-electron chi connectivity index (χ2n) is 5.49. The Morgan fingerprint density at radius 2 is 1.46 bits per heavy atom. The van der Waals surface area contributed by atoms with Gasteiger partial charge >= 0.3 is 11.1 Å². The van der Waals surface area contributed by atoms with Crippen LogP contribution >= 0.6 is 0 Å². The highest BCUT2D eigenvalue weighted by Crippen LogP contribution is 2.24. The summed E-state index contributed by atoms with van der Waals surface area (Å²) in [6.45, 7) is 3.42. The number of hydrogen-bond acceptors (Lipinski definition) is 4. The van der Waals surface area contributed by atoms with Crippen LogP contribution in [0.15, 0.2) is 50.9 Å². The molecule has 2 aromatic carbocycles. The maximum absolute atomic E-state index is 12.7. The quantitative estimate of drug-likeness (QED) is 0.626. The van der Waals surface area contributed by atoms with E-state index in [4.69, 9.17) is 0 Å². The number of anilines is 1. The Kier molecular flexibility index (Phi) is 3.76. The van der Waals surface area contributed by atoms with Crippen LogP contribution in [0.3, 0.4) is 0 Å². The molecule has 0 bridgehead atoms. The molecule has 8 heteroatoms. The van der Waals surface area contributed by atoms with Gasteiger partial charge in [-0.3, -0.25) is 14.3 Å². The van der Waals surface area contributed by atoms with E-state index in [1.807, 2.05) is 6.07 Å². The lowest BCUT2D eigenvalue weighted by molar-refractivity contribution is 0.600. The topological polar surface area (TPSA) is 112 Å². The molecule has 0 unspecified atom stereocenters. The molecule has 1 heterocycles. The Labute approximate surface area is 137 Å². The molecule has 7 nitrogen and oxygen atoms in total. The van der Waals surface area contributed by atoms with Gasteiger partial charge in [-0.1, -0.05) is 18.2 Å². The highest BCUT2D eigenvalue weighted by molar-refractivity contribution is 7.92. The Morgan fingerprint density at radius 3 is 2.08 bits per heavy atom. The largest absolute Gasteiger partial charge is 0.316 e. The first-order chi connectivity index (χ1) is 11.3. The smallest absolute Gasteiger partial charge is 0.314 e. The molecule has 0 spiro atoms. The second kappa shape index (κ2) is 5.64. The first kappa shape index (κ1) is 16.0. The summed E-state index contributed by atoms with van der Waals surface area (Å²) in [6, 6.07) is 9.87. The number of hydrogen-bond donors (Lipinski definition) is 3. The SMILES string of the molecule is Cc1ccccc1NS(=O)(=O)c1cc2[nH]c(=O)c(=O)[nH]c2cc1C. The van der Waals surface area contributed by atoms with E-state index in [1.54, 1.807) is 32.0 Å². The van der Waals surface area contributed by atoms with E-state index in [-0.39, 0.29) is 10.4 Å². The highest BCUT2D eigenvalue weighted by Gasteiger charge is 2.19. The van der Waals surface area contributed by atoms with Crippen molar-refractivity contribution in [2.75, 3.05) is 4.72 Å². The van der Waals surface area contributed by atoms with E-state index in [1.165, 1.54) is 12.1 Å². The van der Waals surface area contributed by atoms with Gasteiger partial charge in [-0.2, -0.15) is 0 Å². The molecular formula is C16H15N3O4S. The van der Waals surface area contributed by atoms with Crippen molar-refractivity contribution in [2.45, 2.75) is 18.7 Å². The molecule has 0 saturated carbocycles. The normalized spacial score (nSPS) is 11.6. The number of benzene rings is 2. The van der Waals surface area contributed by atoms with Gasteiger partial charge in [0.25, 0.3) is 10.0 Å². The summed E-state index contributed by atoms with van der Waals surface area (Å²) < 4.78 is 27.9. The van der Waals surface area contributed by atoms with Gasteiger partial charge < -0.3 is 9.97 Å². The van der Waals surface area contributed by atoms with Crippen LogP contribution in [0, 0.1) is 13.8 Å². The zero-order chi connectivity index (χ0) is 17.5. The van der Waals surface area contributed by atoms with Crippen molar-refractivity contribution in [3.63, 3.8) is 0 Å². The Morgan fingerprint density at radius 1 is 0.875 bits per heavy atom. The van der Waals surface area contributed by atoms with E-state index in [2.05, 4.69) is 14.7 Å². The van der Waals surface area contributed by atoms with Gasteiger partial charge in [0.15, 0.2) is 0 Å². The van der Waals surface area contributed by atoms with Crippen LogP contribution in [0.1, 0.15) is 11.1 Å². The lowest BCUT2D eigenvalue weighted by Gasteiger charge is -2.13. The van der Waals surface area contributed by atoms with Crippen LogP contribution in [0.4, 0.5) is 5.69 Å². The standard InChI is InChI=1S/C16H15N3O4S/c1-9-5-3-4-6-11(9)19-24(22,23)14-8-13-12(7-10(14)2)17-15(20)16(21)18-13/h3-8,19H,1-2H3,(H,17,20)(H,18,21). The number of H-pyrrole nitrogens is 2. The number of fused-ring (bicyclic) bond motifs is 1. The van der Waals surface area contributed by atoms with Crippen LogP contribution in [-0.4, -0.2) is 18.4 Å². The van der Waals surface area contributed by atoms with Gasteiger partial charge in [0, 0.05) is 0 Å². The van der Waals surface area contributed by atoms with Crippen molar-refractivity contribution in [3.05, 3.63) is 68.2 Å². The lowest BCUT2D eigenvalue weighted by Crippen LogP contribution is -2.29. The summed E-state index contributed by atoms with van der Waals surface area (Å²) >= 11 is 0. The molecule has 0 radical (unpaired) electrons. The summed E-state index contributed by atoms with van der Waals surface area (Å²) in [7, 11) is -3.84. The first-order valence-corrected chi connectivity index (χ1v) is 8.62. The van der Waals surface area contributed by atoms with E-state index in [9.17, 15) is 18.0 Å². The van der Waals surface area contributed by atoms with Crippen LogP contribution < -0.4 is 15.8 Å². The number of sulfonamides is 1. The minimum Gasteiger partial charge on any atom is -0.316 e. The fourth-order valence-corrected chi connectivity index (χ4v) is 3.81. The lowest BCUT2D eigenvalue weighted by atomic mass is 10.2. The van der Waals surface area contributed by atoms with Crippen LogP contribution in [0.25, 0.3) is 11.0 Å². The number of aryl methyl sites for hydroxylation is 2. The van der Waals surface area contributed by atoms with E-state index in [0.29, 0.717) is 16.8 Å². The zero-order valence-corrected chi connectivity index (χ0v) is 13.8. The Bertz CT molecular complexity index is 1160.